The molecule has 7 heteroatoms. The number of hydrogen-bond acceptors (Lipinski definition) is 6. The Morgan fingerprint density at radius 1 is 1.53 bits per heavy atom. The monoisotopic (exact) mass is 259 g/mol. The maximum absolute atomic E-state index is 8.90. The number of H-pyrrole nitrogens is 1. The second kappa shape index (κ2) is 5.52. The number of nitrogens with one attached hydrogen (secondary N) is 2. The summed E-state index contributed by atoms with van der Waals surface area (Å²) in [6.07, 6.45) is 1.70. The predicted molar refractivity (Wildman–Crippen MR) is 73.9 cm³/mol. The number of anilines is 2. The molecule has 0 aliphatic carbocycles. The summed E-state index contributed by atoms with van der Waals surface area (Å²) in [5, 5.41) is 19.7. The van der Waals surface area contributed by atoms with Gasteiger partial charge >= 0.3 is 0 Å². The molecular formula is C12H17N7. The molecule has 2 N–H and O–H groups in total. The van der Waals surface area contributed by atoms with Gasteiger partial charge in [0.1, 0.15) is 5.82 Å². The van der Waals surface area contributed by atoms with Gasteiger partial charge in [0.2, 0.25) is 5.95 Å². The first-order valence-electron chi connectivity index (χ1n) is 6.21. The average molecular weight is 259 g/mol. The van der Waals surface area contributed by atoms with E-state index in [1.54, 1.807) is 6.20 Å². The van der Waals surface area contributed by atoms with Gasteiger partial charge < -0.3 is 10.2 Å². The van der Waals surface area contributed by atoms with E-state index in [9.17, 15) is 0 Å². The van der Waals surface area contributed by atoms with Crippen LogP contribution >= 0.6 is 0 Å². The third kappa shape index (κ3) is 2.73. The Hall–Kier alpha value is -2.36. The van der Waals surface area contributed by atoms with Gasteiger partial charge in [0.15, 0.2) is 5.65 Å². The molecule has 100 valence electrons. The van der Waals surface area contributed by atoms with Crippen molar-refractivity contribution in [2.75, 3.05) is 30.4 Å². The molecule has 2 aromatic rings. The first-order valence-corrected chi connectivity index (χ1v) is 6.21. The number of hydrogen-bond donors (Lipinski definition) is 2. The number of nitrogens with zero attached hydrogens (tertiary/aromatic N) is 5. The Labute approximate surface area is 111 Å². The molecule has 0 saturated carbocycles. The van der Waals surface area contributed by atoms with Gasteiger partial charge in [-0.25, -0.2) is 0 Å². The van der Waals surface area contributed by atoms with Gasteiger partial charge in [-0.2, -0.15) is 20.3 Å². The van der Waals surface area contributed by atoms with Crippen LogP contribution < -0.4 is 10.2 Å². The van der Waals surface area contributed by atoms with E-state index in [1.807, 2.05) is 25.8 Å². The summed E-state index contributed by atoms with van der Waals surface area (Å²) >= 11 is 0. The van der Waals surface area contributed by atoms with Crippen molar-refractivity contribution in [3.05, 3.63) is 6.20 Å². The molecular weight excluding hydrogens is 242 g/mol. The van der Waals surface area contributed by atoms with Gasteiger partial charge in [0.25, 0.3) is 0 Å². The number of aromatic amines is 1. The zero-order valence-electron chi connectivity index (χ0n) is 11.3. The predicted octanol–water partition coefficient (Wildman–Crippen LogP) is 1.38. The molecule has 0 amide bonds. The summed E-state index contributed by atoms with van der Waals surface area (Å²) in [6, 6.07) is 2.22. The highest BCUT2D eigenvalue weighted by molar-refractivity contribution is 5.87. The van der Waals surface area contributed by atoms with Gasteiger partial charge in [0, 0.05) is 20.1 Å². The largest absolute Gasteiger partial charge is 0.358 e. The Morgan fingerprint density at radius 3 is 3.00 bits per heavy atom. The molecule has 2 rings (SSSR count). The van der Waals surface area contributed by atoms with E-state index >= 15 is 0 Å². The molecule has 7 nitrogen and oxygen atoms in total. The Morgan fingerprint density at radius 2 is 2.32 bits per heavy atom. The van der Waals surface area contributed by atoms with E-state index in [-0.39, 0.29) is 5.92 Å². The second-order valence-electron chi connectivity index (χ2n) is 4.44. The number of aromatic nitrogens is 4. The van der Waals surface area contributed by atoms with Crippen LogP contribution in [0.4, 0.5) is 11.8 Å². The van der Waals surface area contributed by atoms with Crippen molar-refractivity contribution in [3.63, 3.8) is 0 Å². The zero-order chi connectivity index (χ0) is 13.8. The molecule has 0 saturated heterocycles. The van der Waals surface area contributed by atoms with Crippen molar-refractivity contribution in [1.82, 2.24) is 20.2 Å². The summed E-state index contributed by atoms with van der Waals surface area (Å²) < 4.78 is 0. The van der Waals surface area contributed by atoms with Crippen molar-refractivity contribution in [1.29, 1.82) is 5.26 Å². The van der Waals surface area contributed by atoms with Crippen molar-refractivity contribution in [2.45, 2.75) is 13.8 Å². The van der Waals surface area contributed by atoms with E-state index in [0.717, 1.165) is 17.7 Å². The topological polar surface area (TPSA) is 93.5 Å². The highest BCUT2D eigenvalue weighted by atomic mass is 15.2. The minimum atomic E-state index is -0.0653. The van der Waals surface area contributed by atoms with Crippen LogP contribution in [0.5, 0.6) is 0 Å². The van der Waals surface area contributed by atoms with Gasteiger partial charge in [-0.1, -0.05) is 0 Å². The highest BCUT2D eigenvalue weighted by Crippen LogP contribution is 2.23. The third-order valence-electron chi connectivity index (χ3n) is 2.75. The minimum Gasteiger partial charge on any atom is -0.358 e. The molecule has 0 bridgehead atoms. The van der Waals surface area contributed by atoms with Crippen LogP contribution in [0.2, 0.25) is 0 Å². The highest BCUT2D eigenvalue weighted by Gasteiger charge is 2.14. The van der Waals surface area contributed by atoms with Crippen LogP contribution in [0.3, 0.4) is 0 Å². The Kier molecular flexibility index (Phi) is 3.80. The maximum atomic E-state index is 8.90. The molecule has 2 aromatic heterocycles. The molecule has 19 heavy (non-hydrogen) atoms. The normalized spacial score (nSPS) is 12.1. The zero-order valence-corrected chi connectivity index (χ0v) is 11.3. The van der Waals surface area contributed by atoms with E-state index < -0.39 is 0 Å². The van der Waals surface area contributed by atoms with Crippen LogP contribution in [0.15, 0.2) is 6.20 Å². The summed E-state index contributed by atoms with van der Waals surface area (Å²) in [4.78, 5) is 10.8. The number of nitriles is 1. The quantitative estimate of drug-likeness (QED) is 0.842. The van der Waals surface area contributed by atoms with Crippen molar-refractivity contribution >= 4 is 22.8 Å². The van der Waals surface area contributed by atoms with Crippen molar-refractivity contribution in [2.24, 2.45) is 5.92 Å². The van der Waals surface area contributed by atoms with Gasteiger partial charge in [-0.3, -0.25) is 5.10 Å². The minimum absolute atomic E-state index is 0.0653. The van der Waals surface area contributed by atoms with E-state index in [1.165, 1.54) is 0 Å². The Bertz CT molecular complexity index is 598. The lowest BCUT2D eigenvalue weighted by molar-refractivity contribution is 0.711. The van der Waals surface area contributed by atoms with E-state index in [4.69, 9.17) is 5.26 Å². The molecule has 0 spiro atoms. The smallest absolute Gasteiger partial charge is 0.226 e. The van der Waals surface area contributed by atoms with Gasteiger partial charge in [-0.05, 0) is 13.8 Å². The SMILES string of the molecule is CCNc1nc(N(C)CC(C)C#N)c2cn[nH]c2n1. The third-order valence-corrected chi connectivity index (χ3v) is 2.75. The molecule has 1 unspecified atom stereocenters. The van der Waals surface area contributed by atoms with Crippen LogP contribution in [-0.4, -0.2) is 40.3 Å². The number of fused-ring (bicyclic) bond motifs is 1. The molecule has 0 aliphatic heterocycles. The first kappa shape index (κ1) is 13.1. The van der Waals surface area contributed by atoms with Crippen LogP contribution in [0.25, 0.3) is 11.0 Å². The summed E-state index contributed by atoms with van der Waals surface area (Å²) in [6.45, 7) is 5.23. The lowest BCUT2D eigenvalue weighted by atomic mass is 10.2. The van der Waals surface area contributed by atoms with Gasteiger partial charge in [0.05, 0.1) is 23.6 Å². The Balaban J connectivity index is 2.39. The fraction of sp³-hybridized carbons (Fsp3) is 0.500. The molecule has 1 atom stereocenters. The maximum Gasteiger partial charge on any atom is 0.226 e. The van der Waals surface area contributed by atoms with Crippen molar-refractivity contribution in [3.8, 4) is 6.07 Å². The second-order valence-corrected chi connectivity index (χ2v) is 4.44. The van der Waals surface area contributed by atoms with Crippen LogP contribution in [-0.2, 0) is 0 Å². The lowest BCUT2D eigenvalue weighted by Gasteiger charge is -2.20. The van der Waals surface area contributed by atoms with Crippen LogP contribution in [0, 0.1) is 17.2 Å². The van der Waals surface area contributed by atoms with E-state index in [0.29, 0.717) is 18.1 Å². The molecule has 2 heterocycles. The summed E-state index contributed by atoms with van der Waals surface area (Å²) in [5.74, 6) is 1.27. The molecule has 0 aliphatic rings. The first-order chi connectivity index (χ1) is 9.15. The summed E-state index contributed by atoms with van der Waals surface area (Å²) in [7, 11) is 1.92. The molecule has 0 radical (unpaired) electrons. The van der Waals surface area contributed by atoms with E-state index in [2.05, 4.69) is 31.6 Å². The van der Waals surface area contributed by atoms with Crippen molar-refractivity contribution < 1.29 is 0 Å². The average Bonchev–Trinajstić information content (AvgIpc) is 2.86. The standard InChI is InChI=1S/C12H17N7/c1-4-14-12-16-10-9(6-15-18-10)11(17-12)19(3)7-8(2)5-13/h6,8H,4,7H2,1-3H3,(H2,14,15,16,17,18). The van der Waals surface area contributed by atoms with Crippen LogP contribution in [0.1, 0.15) is 13.8 Å². The molecule has 0 aromatic carbocycles. The fourth-order valence-corrected chi connectivity index (χ4v) is 1.89. The molecule has 0 fully saturated rings. The fourth-order valence-electron chi connectivity index (χ4n) is 1.89. The lowest BCUT2D eigenvalue weighted by Crippen LogP contribution is -2.24. The van der Waals surface area contributed by atoms with Gasteiger partial charge in [-0.15, -0.1) is 0 Å². The summed E-state index contributed by atoms with van der Waals surface area (Å²) in [5.41, 5.74) is 0.692. The number of rotatable bonds is 5.